The molecule has 0 radical (unpaired) electrons. The Balaban J connectivity index is 2.04. The Morgan fingerprint density at radius 1 is 1.36 bits per heavy atom. The van der Waals surface area contributed by atoms with E-state index in [0.29, 0.717) is 24.9 Å². The third-order valence-corrected chi connectivity index (χ3v) is 5.02. The summed E-state index contributed by atoms with van der Waals surface area (Å²) in [5, 5.41) is 10.7. The molecule has 0 heterocycles. The Hall–Kier alpha value is -2.69. The number of rotatable bonds is 8. The van der Waals surface area contributed by atoms with Gasteiger partial charge in [0.2, 0.25) is 5.91 Å². The molecule has 0 N–H and O–H groups in total. The number of nitro benzene ring substituents is 1. The molecule has 5 heteroatoms. The molecule has 2 rings (SSSR count). The Morgan fingerprint density at radius 2 is 2.04 bits per heavy atom. The first kappa shape index (κ1) is 21.6. The van der Waals surface area contributed by atoms with E-state index in [-0.39, 0.29) is 11.6 Å². The normalized spacial score (nSPS) is 16.9. The highest BCUT2D eigenvalue weighted by atomic mass is 16.6. The van der Waals surface area contributed by atoms with E-state index >= 15 is 0 Å². The molecule has 1 atom stereocenters. The molecule has 0 aliphatic heterocycles. The molecule has 0 aromatic heterocycles. The molecule has 1 aromatic rings. The van der Waals surface area contributed by atoms with Gasteiger partial charge < -0.3 is 4.90 Å². The molecular weight excluding hydrogens is 352 g/mol. The molecule has 5 nitrogen and oxygen atoms in total. The molecular formula is C23H30N2O3. The second-order valence-corrected chi connectivity index (χ2v) is 7.97. The highest BCUT2D eigenvalue weighted by molar-refractivity contribution is 5.92. The van der Waals surface area contributed by atoms with Crippen molar-refractivity contribution in [3.05, 3.63) is 69.8 Å². The van der Waals surface area contributed by atoms with Crippen LogP contribution in [0.5, 0.6) is 0 Å². The molecule has 0 bridgehead atoms. The van der Waals surface area contributed by atoms with Crippen molar-refractivity contribution < 1.29 is 9.72 Å². The van der Waals surface area contributed by atoms with Crippen LogP contribution in [0.2, 0.25) is 0 Å². The maximum absolute atomic E-state index is 12.8. The van der Waals surface area contributed by atoms with Crippen LogP contribution in [0.15, 0.2) is 54.1 Å². The van der Waals surface area contributed by atoms with Crippen molar-refractivity contribution in [2.24, 2.45) is 11.8 Å². The van der Waals surface area contributed by atoms with E-state index in [9.17, 15) is 14.9 Å². The van der Waals surface area contributed by atoms with Gasteiger partial charge in [-0.15, -0.1) is 0 Å². The van der Waals surface area contributed by atoms with Crippen LogP contribution in [-0.2, 0) is 4.79 Å². The lowest BCUT2D eigenvalue weighted by atomic mass is 9.85. The minimum absolute atomic E-state index is 0.0324. The highest BCUT2D eigenvalue weighted by Crippen LogP contribution is 2.28. The van der Waals surface area contributed by atoms with Crippen molar-refractivity contribution in [2.45, 2.75) is 40.0 Å². The van der Waals surface area contributed by atoms with Gasteiger partial charge in [-0.1, -0.05) is 37.6 Å². The fraction of sp³-hybridized carbons (Fsp3) is 0.435. The Morgan fingerprint density at radius 3 is 2.54 bits per heavy atom. The second kappa shape index (κ2) is 10.0. The van der Waals surface area contributed by atoms with E-state index < -0.39 is 4.92 Å². The maximum atomic E-state index is 12.8. The Labute approximate surface area is 167 Å². The molecule has 1 aromatic carbocycles. The van der Waals surface area contributed by atoms with Gasteiger partial charge in [0.05, 0.1) is 4.92 Å². The summed E-state index contributed by atoms with van der Waals surface area (Å²) in [6.07, 6.45) is 8.65. The van der Waals surface area contributed by atoms with Gasteiger partial charge in [0, 0.05) is 31.3 Å². The van der Waals surface area contributed by atoms with E-state index in [1.807, 2.05) is 4.90 Å². The third-order valence-electron chi connectivity index (χ3n) is 5.02. The van der Waals surface area contributed by atoms with E-state index in [1.54, 1.807) is 24.3 Å². The van der Waals surface area contributed by atoms with Gasteiger partial charge in [-0.05, 0) is 61.8 Å². The van der Waals surface area contributed by atoms with Crippen LogP contribution in [0.4, 0.5) is 5.69 Å². The number of benzene rings is 1. The van der Waals surface area contributed by atoms with E-state index in [2.05, 4.69) is 33.4 Å². The van der Waals surface area contributed by atoms with Gasteiger partial charge in [-0.2, -0.15) is 0 Å². The molecule has 1 aliphatic carbocycles. The van der Waals surface area contributed by atoms with Gasteiger partial charge >= 0.3 is 0 Å². The molecule has 0 saturated heterocycles. The molecule has 1 amide bonds. The van der Waals surface area contributed by atoms with E-state index in [4.69, 9.17) is 0 Å². The first-order valence-electron chi connectivity index (χ1n) is 9.81. The number of carbonyl (C=O) groups excluding carboxylic acids is 1. The van der Waals surface area contributed by atoms with Crippen molar-refractivity contribution in [3.8, 4) is 0 Å². The average Bonchev–Trinajstić information content (AvgIpc) is 2.66. The third kappa shape index (κ3) is 6.48. The molecule has 1 aliphatic rings. The lowest BCUT2D eigenvalue weighted by molar-refractivity contribution is -0.384. The van der Waals surface area contributed by atoms with Gasteiger partial charge in [0.25, 0.3) is 5.69 Å². The first-order chi connectivity index (χ1) is 13.3. The van der Waals surface area contributed by atoms with Crippen LogP contribution in [0.1, 0.15) is 45.6 Å². The first-order valence-corrected chi connectivity index (χ1v) is 9.81. The van der Waals surface area contributed by atoms with E-state index in [0.717, 1.165) is 24.8 Å². The number of nitro groups is 1. The number of non-ortho nitro benzene ring substituents is 1. The largest absolute Gasteiger partial charge is 0.335 e. The lowest BCUT2D eigenvalue weighted by Gasteiger charge is -2.28. The van der Waals surface area contributed by atoms with Crippen LogP contribution in [0, 0.1) is 22.0 Å². The Kier molecular flexibility index (Phi) is 7.73. The van der Waals surface area contributed by atoms with Gasteiger partial charge in [0.15, 0.2) is 0 Å². The number of hydrogen-bond acceptors (Lipinski definition) is 3. The van der Waals surface area contributed by atoms with Crippen LogP contribution >= 0.6 is 0 Å². The summed E-state index contributed by atoms with van der Waals surface area (Å²) < 4.78 is 0. The van der Waals surface area contributed by atoms with E-state index in [1.165, 1.54) is 23.3 Å². The monoisotopic (exact) mass is 382 g/mol. The molecule has 150 valence electrons. The molecule has 0 saturated carbocycles. The summed E-state index contributed by atoms with van der Waals surface area (Å²) in [5.74, 6) is 0.902. The average molecular weight is 383 g/mol. The van der Waals surface area contributed by atoms with Crippen LogP contribution in [-0.4, -0.2) is 28.8 Å². The molecule has 0 fully saturated rings. The Bertz CT molecular complexity index is 776. The fourth-order valence-electron chi connectivity index (χ4n) is 3.38. The van der Waals surface area contributed by atoms with Crippen molar-refractivity contribution >= 4 is 17.7 Å². The number of carbonyl (C=O) groups is 1. The number of amides is 1. The van der Waals surface area contributed by atoms with Crippen molar-refractivity contribution in [1.82, 2.24) is 4.90 Å². The minimum atomic E-state index is -0.431. The standard InChI is InChI=1S/C23H30N2O3/c1-17(2)15-24(16-20-5-10-21(11-6-20)18(3)4)23(26)14-9-19-7-12-22(13-8-19)25(27)28/h5,7-9,12-14,17,21H,3,6,10-11,15-16H2,1-2,4H3/b14-9+. The quantitative estimate of drug-likeness (QED) is 0.262. The second-order valence-electron chi connectivity index (χ2n) is 7.97. The molecule has 1 unspecified atom stereocenters. The highest BCUT2D eigenvalue weighted by Gasteiger charge is 2.19. The summed E-state index contributed by atoms with van der Waals surface area (Å²) in [7, 11) is 0. The summed E-state index contributed by atoms with van der Waals surface area (Å²) in [6, 6.07) is 6.19. The predicted molar refractivity (Wildman–Crippen MR) is 114 cm³/mol. The molecule has 0 spiro atoms. The summed E-state index contributed by atoms with van der Waals surface area (Å²) in [4.78, 5) is 25.0. The van der Waals surface area contributed by atoms with Gasteiger partial charge in [-0.3, -0.25) is 14.9 Å². The van der Waals surface area contributed by atoms with Crippen molar-refractivity contribution in [2.75, 3.05) is 13.1 Å². The fourth-order valence-corrected chi connectivity index (χ4v) is 3.38. The summed E-state index contributed by atoms with van der Waals surface area (Å²) in [5.41, 5.74) is 3.36. The van der Waals surface area contributed by atoms with Gasteiger partial charge in [-0.25, -0.2) is 0 Å². The minimum Gasteiger partial charge on any atom is -0.335 e. The zero-order chi connectivity index (χ0) is 20.7. The van der Waals surface area contributed by atoms with Crippen LogP contribution in [0.25, 0.3) is 6.08 Å². The number of nitrogens with zero attached hydrogens (tertiary/aromatic N) is 2. The lowest BCUT2D eigenvalue weighted by Crippen LogP contribution is -2.35. The maximum Gasteiger partial charge on any atom is 0.269 e. The van der Waals surface area contributed by atoms with Crippen LogP contribution in [0.3, 0.4) is 0 Å². The summed E-state index contributed by atoms with van der Waals surface area (Å²) >= 11 is 0. The smallest absolute Gasteiger partial charge is 0.269 e. The van der Waals surface area contributed by atoms with Crippen molar-refractivity contribution in [1.29, 1.82) is 0 Å². The zero-order valence-corrected chi connectivity index (χ0v) is 17.1. The summed E-state index contributed by atoms with van der Waals surface area (Å²) in [6.45, 7) is 11.7. The SMILES string of the molecule is C=C(C)C1CC=C(CN(CC(C)C)C(=O)/C=C/c2ccc([N+](=O)[O-])cc2)CC1. The molecule has 28 heavy (non-hydrogen) atoms. The van der Waals surface area contributed by atoms with Crippen molar-refractivity contribution in [3.63, 3.8) is 0 Å². The number of allylic oxidation sites excluding steroid dienone is 2. The zero-order valence-electron chi connectivity index (χ0n) is 17.1. The topological polar surface area (TPSA) is 63.5 Å². The number of hydrogen-bond donors (Lipinski definition) is 0. The van der Waals surface area contributed by atoms with Crippen LogP contribution < -0.4 is 0 Å². The predicted octanol–water partition coefficient (Wildman–Crippen LogP) is 5.40. The van der Waals surface area contributed by atoms with Gasteiger partial charge in [0.1, 0.15) is 0 Å².